The Bertz CT molecular complexity index is 748. The minimum atomic E-state index is -0.717. The van der Waals surface area contributed by atoms with E-state index < -0.39 is 11.7 Å². The summed E-state index contributed by atoms with van der Waals surface area (Å²) < 4.78 is 13.4. The number of hydrogen-bond donors (Lipinski definition) is 2. The van der Waals surface area contributed by atoms with E-state index in [2.05, 4.69) is 5.32 Å². The first kappa shape index (κ1) is 14.3. The van der Waals surface area contributed by atoms with E-state index in [1.165, 1.54) is 36.4 Å². The summed E-state index contributed by atoms with van der Waals surface area (Å²) in [5.41, 5.74) is 0.304. The van der Waals surface area contributed by atoms with Crippen LogP contribution in [-0.4, -0.2) is 11.0 Å². The number of phenols is 1. The molecule has 0 fully saturated rings. The lowest BCUT2D eigenvalue weighted by atomic mass is 10.1. The summed E-state index contributed by atoms with van der Waals surface area (Å²) in [5, 5.41) is 20.7. The first-order valence-corrected chi connectivity index (χ1v) is 6.07. The van der Waals surface area contributed by atoms with Gasteiger partial charge in [-0.1, -0.05) is 24.3 Å². The molecule has 0 atom stereocenters. The molecule has 0 heterocycles. The number of amides is 1. The topological polar surface area (TPSA) is 73.1 Å². The number of benzene rings is 2. The van der Waals surface area contributed by atoms with Crippen LogP contribution in [0.2, 0.25) is 0 Å². The van der Waals surface area contributed by atoms with Crippen LogP contribution in [0.1, 0.15) is 5.56 Å². The number of rotatable bonds is 3. The highest BCUT2D eigenvalue weighted by Crippen LogP contribution is 2.16. The van der Waals surface area contributed by atoms with Crippen LogP contribution in [0.3, 0.4) is 0 Å². The molecule has 5 heteroatoms. The number of carbonyl (C=O) groups is 1. The summed E-state index contributed by atoms with van der Waals surface area (Å²) in [4.78, 5) is 12.0. The molecule has 4 nitrogen and oxygen atoms in total. The maximum atomic E-state index is 13.4. The third kappa shape index (κ3) is 3.67. The third-order valence-electron chi connectivity index (χ3n) is 2.67. The number of nitriles is 1. The fraction of sp³-hybridized carbons (Fsp3) is 0. The zero-order valence-electron chi connectivity index (χ0n) is 10.9. The highest BCUT2D eigenvalue weighted by atomic mass is 19.1. The normalized spacial score (nSPS) is 10.8. The van der Waals surface area contributed by atoms with Crippen molar-refractivity contribution in [2.24, 2.45) is 0 Å². The van der Waals surface area contributed by atoms with Gasteiger partial charge in [-0.3, -0.25) is 4.79 Å². The van der Waals surface area contributed by atoms with Crippen molar-refractivity contribution in [3.63, 3.8) is 0 Å². The number of nitrogens with one attached hydrogen (secondary N) is 1. The van der Waals surface area contributed by atoms with Gasteiger partial charge in [0.05, 0.1) is 5.69 Å². The highest BCUT2D eigenvalue weighted by Gasteiger charge is 2.11. The van der Waals surface area contributed by atoms with Crippen molar-refractivity contribution >= 4 is 17.7 Å². The summed E-state index contributed by atoms with van der Waals surface area (Å²) in [6.07, 6.45) is 1.32. The molecular weight excluding hydrogens is 271 g/mol. The van der Waals surface area contributed by atoms with Gasteiger partial charge in [0.1, 0.15) is 23.2 Å². The molecule has 104 valence electrons. The van der Waals surface area contributed by atoms with Crippen LogP contribution in [0.25, 0.3) is 6.08 Å². The SMILES string of the molecule is N#CC(=Cc1cccc(O)c1)C(=O)Nc1ccccc1F. The fourth-order valence-electron chi connectivity index (χ4n) is 1.68. The lowest BCUT2D eigenvalue weighted by Crippen LogP contribution is -2.14. The number of anilines is 1. The Morgan fingerprint density at radius 3 is 2.67 bits per heavy atom. The first-order valence-electron chi connectivity index (χ1n) is 6.07. The van der Waals surface area contributed by atoms with Crippen LogP contribution in [0, 0.1) is 17.1 Å². The van der Waals surface area contributed by atoms with Crippen LogP contribution in [0.4, 0.5) is 10.1 Å². The molecule has 0 aliphatic heterocycles. The number of hydrogen-bond acceptors (Lipinski definition) is 3. The van der Waals surface area contributed by atoms with Gasteiger partial charge in [-0.2, -0.15) is 5.26 Å². The minimum absolute atomic E-state index is 0.000408. The van der Waals surface area contributed by atoms with Crippen molar-refractivity contribution in [3.05, 3.63) is 65.5 Å². The van der Waals surface area contributed by atoms with Gasteiger partial charge < -0.3 is 10.4 Å². The summed E-state index contributed by atoms with van der Waals surface area (Å²) >= 11 is 0. The molecule has 0 aliphatic carbocycles. The molecule has 0 saturated heterocycles. The van der Waals surface area contributed by atoms with E-state index in [0.29, 0.717) is 5.56 Å². The quantitative estimate of drug-likeness (QED) is 0.671. The molecular formula is C16H11FN2O2. The van der Waals surface area contributed by atoms with Gasteiger partial charge in [-0.05, 0) is 35.9 Å². The molecule has 0 radical (unpaired) electrons. The molecule has 21 heavy (non-hydrogen) atoms. The molecule has 1 amide bonds. The molecule has 0 aliphatic rings. The molecule has 0 aromatic heterocycles. The predicted octanol–water partition coefficient (Wildman–Crippen LogP) is 3.08. The van der Waals surface area contributed by atoms with Crippen LogP contribution in [0.5, 0.6) is 5.75 Å². The Morgan fingerprint density at radius 1 is 1.24 bits per heavy atom. The van der Waals surface area contributed by atoms with Gasteiger partial charge in [0.25, 0.3) is 5.91 Å². The lowest BCUT2D eigenvalue weighted by Gasteiger charge is -2.05. The number of para-hydroxylation sites is 1. The largest absolute Gasteiger partial charge is 0.508 e. The highest BCUT2D eigenvalue weighted by molar-refractivity contribution is 6.09. The van der Waals surface area contributed by atoms with Crippen molar-refractivity contribution in [3.8, 4) is 11.8 Å². The average Bonchev–Trinajstić information content (AvgIpc) is 2.47. The lowest BCUT2D eigenvalue weighted by molar-refractivity contribution is -0.112. The number of nitrogens with zero attached hydrogens (tertiary/aromatic N) is 1. The smallest absolute Gasteiger partial charge is 0.266 e. The molecule has 0 bridgehead atoms. The Hall–Kier alpha value is -3.13. The van der Waals surface area contributed by atoms with E-state index in [0.717, 1.165) is 0 Å². The molecule has 2 aromatic rings. The maximum absolute atomic E-state index is 13.4. The van der Waals surface area contributed by atoms with Crippen molar-refractivity contribution in [2.45, 2.75) is 0 Å². The summed E-state index contributed by atoms with van der Waals surface area (Å²) in [7, 11) is 0. The summed E-state index contributed by atoms with van der Waals surface area (Å²) in [5.74, 6) is -1.28. The molecule has 0 saturated carbocycles. The second-order valence-electron chi connectivity index (χ2n) is 4.20. The van der Waals surface area contributed by atoms with Gasteiger partial charge in [0, 0.05) is 0 Å². The monoisotopic (exact) mass is 282 g/mol. The van der Waals surface area contributed by atoms with Gasteiger partial charge in [-0.15, -0.1) is 0 Å². The maximum Gasteiger partial charge on any atom is 0.266 e. The Balaban J connectivity index is 2.24. The van der Waals surface area contributed by atoms with E-state index in [-0.39, 0.29) is 17.0 Å². The van der Waals surface area contributed by atoms with Gasteiger partial charge >= 0.3 is 0 Å². The van der Waals surface area contributed by atoms with Gasteiger partial charge in [0.2, 0.25) is 0 Å². The second kappa shape index (κ2) is 6.35. The molecule has 0 unspecified atom stereocenters. The number of phenolic OH excluding ortho intramolecular Hbond substituents is 1. The third-order valence-corrected chi connectivity index (χ3v) is 2.67. The second-order valence-corrected chi connectivity index (χ2v) is 4.20. The van der Waals surface area contributed by atoms with Crippen LogP contribution in [0.15, 0.2) is 54.1 Å². The standard InChI is InChI=1S/C16H11FN2O2/c17-14-6-1-2-7-15(14)19-16(21)12(10-18)8-11-4-3-5-13(20)9-11/h1-9,20H,(H,19,21). The zero-order chi connectivity index (χ0) is 15.2. The van der Waals surface area contributed by atoms with Crippen LogP contribution in [-0.2, 0) is 4.79 Å². The van der Waals surface area contributed by atoms with Crippen LogP contribution >= 0.6 is 0 Å². The van der Waals surface area contributed by atoms with E-state index in [1.807, 2.05) is 0 Å². The van der Waals surface area contributed by atoms with Crippen molar-refractivity contribution in [1.29, 1.82) is 5.26 Å². The van der Waals surface area contributed by atoms with Crippen LogP contribution < -0.4 is 5.32 Å². The average molecular weight is 282 g/mol. The first-order chi connectivity index (χ1) is 10.1. The van der Waals surface area contributed by atoms with E-state index >= 15 is 0 Å². The molecule has 2 aromatic carbocycles. The minimum Gasteiger partial charge on any atom is -0.508 e. The molecule has 2 N–H and O–H groups in total. The number of aromatic hydroxyl groups is 1. The predicted molar refractivity (Wildman–Crippen MR) is 76.7 cm³/mol. The molecule has 0 spiro atoms. The molecule has 2 rings (SSSR count). The van der Waals surface area contributed by atoms with Crippen molar-refractivity contribution in [2.75, 3.05) is 5.32 Å². The van der Waals surface area contributed by atoms with E-state index in [4.69, 9.17) is 5.26 Å². The summed E-state index contributed by atoms with van der Waals surface area (Å²) in [6, 6.07) is 13.5. The van der Waals surface area contributed by atoms with Crippen molar-refractivity contribution < 1.29 is 14.3 Å². The zero-order valence-corrected chi connectivity index (χ0v) is 10.9. The number of halogens is 1. The summed E-state index contributed by atoms with van der Waals surface area (Å²) in [6.45, 7) is 0. The Labute approximate surface area is 120 Å². The number of carbonyl (C=O) groups excluding carboxylic acids is 1. The fourth-order valence-corrected chi connectivity index (χ4v) is 1.68. The van der Waals surface area contributed by atoms with E-state index in [1.54, 1.807) is 24.3 Å². The Morgan fingerprint density at radius 2 is 2.00 bits per heavy atom. The van der Waals surface area contributed by atoms with Gasteiger partial charge in [0.15, 0.2) is 0 Å². The Kier molecular flexibility index (Phi) is 4.32. The van der Waals surface area contributed by atoms with E-state index in [9.17, 15) is 14.3 Å². The van der Waals surface area contributed by atoms with Gasteiger partial charge in [-0.25, -0.2) is 4.39 Å². The van der Waals surface area contributed by atoms with Crippen molar-refractivity contribution in [1.82, 2.24) is 0 Å².